The van der Waals surface area contributed by atoms with E-state index in [-0.39, 0.29) is 11.3 Å². The Morgan fingerprint density at radius 1 is 0.821 bits per heavy atom. The molecule has 0 aliphatic carbocycles. The van der Waals surface area contributed by atoms with Gasteiger partial charge >= 0.3 is 0 Å². The molecule has 3 aromatic rings. The Morgan fingerprint density at radius 2 is 1.43 bits per heavy atom. The van der Waals surface area contributed by atoms with Gasteiger partial charge in [-0.15, -0.1) is 0 Å². The molecule has 0 aromatic heterocycles. The number of carbonyl (C=O) groups excluding carboxylic acids is 1. The van der Waals surface area contributed by atoms with E-state index >= 15 is 0 Å². The maximum atomic E-state index is 12.3. The Bertz CT molecular complexity index is 892. The summed E-state index contributed by atoms with van der Waals surface area (Å²) < 4.78 is 5.80. The summed E-state index contributed by atoms with van der Waals surface area (Å²) in [5.41, 5.74) is 3.16. The number of benzene rings is 3. The molecule has 0 saturated heterocycles. The van der Waals surface area contributed by atoms with Crippen LogP contribution in [0.5, 0.6) is 11.5 Å². The van der Waals surface area contributed by atoms with Crippen molar-refractivity contribution >= 4 is 5.91 Å². The van der Waals surface area contributed by atoms with Crippen LogP contribution >= 0.6 is 0 Å². The fraction of sp³-hybridized carbons (Fsp3) is 0.240. The zero-order valence-electron chi connectivity index (χ0n) is 16.7. The van der Waals surface area contributed by atoms with Gasteiger partial charge in [0, 0.05) is 12.1 Å². The molecular formula is C25H27NO2. The third-order valence-electron chi connectivity index (χ3n) is 4.61. The van der Waals surface area contributed by atoms with Crippen molar-refractivity contribution in [2.75, 3.05) is 6.54 Å². The number of carbonyl (C=O) groups is 1. The molecule has 1 N–H and O–H groups in total. The van der Waals surface area contributed by atoms with Crippen molar-refractivity contribution in [3.05, 3.63) is 95.6 Å². The highest BCUT2D eigenvalue weighted by molar-refractivity contribution is 5.94. The molecule has 28 heavy (non-hydrogen) atoms. The van der Waals surface area contributed by atoms with E-state index in [4.69, 9.17) is 4.74 Å². The van der Waals surface area contributed by atoms with Crippen LogP contribution in [0, 0.1) is 0 Å². The SMILES string of the molecule is CC(C)(C)c1ccc(C(=O)NCCc2ccc(Oc3ccccc3)cc2)cc1. The summed E-state index contributed by atoms with van der Waals surface area (Å²) >= 11 is 0. The third kappa shape index (κ3) is 5.46. The molecule has 144 valence electrons. The second-order valence-corrected chi connectivity index (χ2v) is 7.89. The summed E-state index contributed by atoms with van der Waals surface area (Å²) in [4.78, 5) is 12.3. The first-order valence-electron chi connectivity index (χ1n) is 9.62. The molecule has 3 heteroatoms. The minimum Gasteiger partial charge on any atom is -0.457 e. The molecule has 0 fully saturated rings. The predicted octanol–water partition coefficient (Wildman–Crippen LogP) is 5.75. The molecule has 0 aliphatic rings. The first kappa shape index (κ1) is 19.7. The minimum absolute atomic E-state index is 0.0375. The van der Waals surface area contributed by atoms with Gasteiger partial charge in [-0.2, -0.15) is 0 Å². The van der Waals surface area contributed by atoms with E-state index in [9.17, 15) is 4.79 Å². The first-order valence-corrected chi connectivity index (χ1v) is 9.62. The first-order chi connectivity index (χ1) is 13.4. The lowest BCUT2D eigenvalue weighted by atomic mass is 9.87. The van der Waals surface area contributed by atoms with Crippen LogP contribution in [0.25, 0.3) is 0 Å². The van der Waals surface area contributed by atoms with Gasteiger partial charge < -0.3 is 10.1 Å². The Hall–Kier alpha value is -3.07. The highest BCUT2D eigenvalue weighted by Crippen LogP contribution is 2.22. The molecule has 0 aliphatic heterocycles. The Kier molecular flexibility index (Phi) is 6.15. The highest BCUT2D eigenvalue weighted by atomic mass is 16.5. The van der Waals surface area contributed by atoms with Gasteiger partial charge in [0.2, 0.25) is 0 Å². The lowest BCUT2D eigenvalue weighted by molar-refractivity contribution is 0.0954. The molecule has 3 nitrogen and oxygen atoms in total. The zero-order chi connectivity index (χ0) is 20.0. The molecule has 0 saturated carbocycles. The quantitative estimate of drug-likeness (QED) is 0.597. The molecule has 3 aromatic carbocycles. The topological polar surface area (TPSA) is 38.3 Å². The van der Waals surface area contributed by atoms with E-state index in [0.29, 0.717) is 12.1 Å². The van der Waals surface area contributed by atoms with E-state index < -0.39 is 0 Å². The molecule has 0 heterocycles. The summed E-state index contributed by atoms with van der Waals surface area (Å²) in [6.07, 6.45) is 0.775. The number of nitrogens with one attached hydrogen (secondary N) is 1. The number of rotatable bonds is 6. The van der Waals surface area contributed by atoms with Crippen LogP contribution in [0.2, 0.25) is 0 Å². The fourth-order valence-electron chi connectivity index (χ4n) is 2.89. The lowest BCUT2D eigenvalue weighted by Gasteiger charge is -2.19. The van der Waals surface area contributed by atoms with Crippen LogP contribution in [0.15, 0.2) is 78.9 Å². The van der Waals surface area contributed by atoms with Crippen molar-refractivity contribution in [3.8, 4) is 11.5 Å². The van der Waals surface area contributed by atoms with Crippen LogP contribution in [0.3, 0.4) is 0 Å². The average Bonchev–Trinajstić information content (AvgIpc) is 2.69. The van der Waals surface area contributed by atoms with Gasteiger partial charge in [-0.3, -0.25) is 4.79 Å². The molecule has 0 unspecified atom stereocenters. The minimum atomic E-state index is -0.0375. The van der Waals surface area contributed by atoms with Crippen molar-refractivity contribution in [1.29, 1.82) is 0 Å². The van der Waals surface area contributed by atoms with E-state index in [0.717, 1.165) is 23.5 Å². The molecule has 0 radical (unpaired) electrons. The van der Waals surface area contributed by atoms with Crippen molar-refractivity contribution in [3.63, 3.8) is 0 Å². The number of hydrogen-bond acceptors (Lipinski definition) is 2. The normalized spacial score (nSPS) is 11.1. The van der Waals surface area contributed by atoms with Crippen LogP contribution in [-0.2, 0) is 11.8 Å². The monoisotopic (exact) mass is 373 g/mol. The number of hydrogen-bond donors (Lipinski definition) is 1. The third-order valence-corrected chi connectivity index (χ3v) is 4.61. The molecule has 0 bridgehead atoms. The van der Waals surface area contributed by atoms with E-state index in [1.165, 1.54) is 5.56 Å². The molecular weight excluding hydrogens is 346 g/mol. The molecule has 1 amide bonds. The van der Waals surface area contributed by atoms with Crippen molar-refractivity contribution in [2.45, 2.75) is 32.6 Å². The smallest absolute Gasteiger partial charge is 0.251 e. The van der Waals surface area contributed by atoms with E-state index in [1.807, 2.05) is 78.9 Å². The number of ether oxygens (including phenoxy) is 1. The predicted molar refractivity (Wildman–Crippen MR) is 114 cm³/mol. The highest BCUT2D eigenvalue weighted by Gasteiger charge is 2.14. The standard InChI is InChI=1S/C25H27NO2/c1-25(2,3)21-13-11-20(12-14-21)24(27)26-18-17-19-9-15-23(16-10-19)28-22-7-5-4-6-8-22/h4-16H,17-18H2,1-3H3,(H,26,27). The summed E-state index contributed by atoms with van der Waals surface area (Å²) in [5, 5.41) is 2.99. The summed E-state index contributed by atoms with van der Waals surface area (Å²) in [7, 11) is 0. The molecule has 3 rings (SSSR count). The second-order valence-electron chi connectivity index (χ2n) is 7.89. The zero-order valence-corrected chi connectivity index (χ0v) is 16.7. The van der Waals surface area contributed by atoms with E-state index in [2.05, 4.69) is 26.1 Å². The van der Waals surface area contributed by atoms with Gasteiger partial charge in [0.15, 0.2) is 0 Å². The van der Waals surface area contributed by atoms with Gasteiger partial charge in [-0.05, 0) is 59.4 Å². The summed E-state index contributed by atoms with van der Waals surface area (Å²) in [5.74, 6) is 1.59. The van der Waals surface area contributed by atoms with Gasteiger partial charge in [0.1, 0.15) is 11.5 Å². The Balaban J connectivity index is 1.48. The van der Waals surface area contributed by atoms with Crippen LogP contribution < -0.4 is 10.1 Å². The van der Waals surface area contributed by atoms with E-state index in [1.54, 1.807) is 0 Å². The second kappa shape index (κ2) is 8.75. The maximum absolute atomic E-state index is 12.3. The Morgan fingerprint density at radius 3 is 2.04 bits per heavy atom. The molecule has 0 atom stereocenters. The average molecular weight is 373 g/mol. The number of amides is 1. The summed E-state index contributed by atoms with van der Waals surface area (Å²) in [6.45, 7) is 7.09. The number of para-hydroxylation sites is 1. The van der Waals surface area contributed by atoms with Gasteiger partial charge in [0.05, 0.1) is 0 Å². The summed E-state index contributed by atoms with van der Waals surface area (Å²) in [6, 6.07) is 25.5. The van der Waals surface area contributed by atoms with Crippen molar-refractivity contribution in [1.82, 2.24) is 5.32 Å². The van der Waals surface area contributed by atoms with Gasteiger partial charge in [-0.25, -0.2) is 0 Å². The Labute approximate surface area is 167 Å². The molecule has 0 spiro atoms. The largest absolute Gasteiger partial charge is 0.457 e. The van der Waals surface area contributed by atoms with Gasteiger partial charge in [0.25, 0.3) is 5.91 Å². The van der Waals surface area contributed by atoms with Crippen molar-refractivity contribution in [2.24, 2.45) is 0 Å². The van der Waals surface area contributed by atoms with Crippen LogP contribution in [0.4, 0.5) is 0 Å². The van der Waals surface area contributed by atoms with Crippen LogP contribution in [0.1, 0.15) is 42.3 Å². The van der Waals surface area contributed by atoms with Crippen LogP contribution in [-0.4, -0.2) is 12.5 Å². The lowest BCUT2D eigenvalue weighted by Crippen LogP contribution is -2.25. The maximum Gasteiger partial charge on any atom is 0.251 e. The van der Waals surface area contributed by atoms with Gasteiger partial charge in [-0.1, -0.05) is 63.2 Å². The van der Waals surface area contributed by atoms with Crippen molar-refractivity contribution < 1.29 is 9.53 Å². The fourth-order valence-corrected chi connectivity index (χ4v) is 2.89.